The van der Waals surface area contributed by atoms with E-state index in [1.54, 1.807) is 62.9 Å². The lowest BCUT2D eigenvalue weighted by Crippen LogP contribution is -2.36. The molecule has 0 saturated heterocycles. The predicted octanol–water partition coefficient (Wildman–Crippen LogP) is 0.857. The standard InChI is InChI=1S/C16H16N6O2/c1-11(13-5-3-7-17-9-13)19-21-15(23)16(24)22-20-12(2)14-6-4-8-18-10-14/h3-10H,1-2H3,(H,21,23)(H,22,24). The molecule has 2 rings (SSSR count). The van der Waals surface area contributed by atoms with Crippen LogP contribution in [0.25, 0.3) is 0 Å². The third kappa shape index (κ3) is 4.80. The minimum Gasteiger partial charge on any atom is -0.264 e. The maximum Gasteiger partial charge on any atom is 0.331 e. The van der Waals surface area contributed by atoms with Crippen molar-refractivity contribution in [1.82, 2.24) is 20.8 Å². The van der Waals surface area contributed by atoms with Gasteiger partial charge in [0.2, 0.25) is 0 Å². The number of hydrogen-bond donors (Lipinski definition) is 2. The van der Waals surface area contributed by atoms with Crippen LogP contribution >= 0.6 is 0 Å². The minimum absolute atomic E-state index is 0.527. The summed E-state index contributed by atoms with van der Waals surface area (Å²) in [4.78, 5) is 31.3. The van der Waals surface area contributed by atoms with Crippen molar-refractivity contribution in [1.29, 1.82) is 0 Å². The van der Waals surface area contributed by atoms with Crippen LogP contribution in [0.4, 0.5) is 0 Å². The Hall–Kier alpha value is -3.42. The van der Waals surface area contributed by atoms with Gasteiger partial charge < -0.3 is 0 Å². The number of carbonyl (C=O) groups is 2. The summed E-state index contributed by atoms with van der Waals surface area (Å²) >= 11 is 0. The van der Waals surface area contributed by atoms with Crippen LogP contribution in [0, 0.1) is 0 Å². The largest absolute Gasteiger partial charge is 0.331 e. The highest BCUT2D eigenvalue weighted by Gasteiger charge is 2.12. The molecule has 0 spiro atoms. The second kappa shape index (κ2) is 8.28. The van der Waals surface area contributed by atoms with Crippen molar-refractivity contribution in [3.05, 3.63) is 60.2 Å². The zero-order chi connectivity index (χ0) is 17.4. The second-order valence-electron chi connectivity index (χ2n) is 4.76. The molecule has 0 aliphatic carbocycles. The molecule has 2 heterocycles. The molecular formula is C16H16N6O2. The van der Waals surface area contributed by atoms with Crippen LogP contribution in [0.5, 0.6) is 0 Å². The number of hydrazone groups is 2. The lowest BCUT2D eigenvalue weighted by atomic mass is 10.2. The van der Waals surface area contributed by atoms with Gasteiger partial charge in [0, 0.05) is 35.9 Å². The molecule has 0 saturated carbocycles. The van der Waals surface area contributed by atoms with E-state index in [2.05, 4.69) is 31.0 Å². The average molecular weight is 324 g/mol. The van der Waals surface area contributed by atoms with E-state index >= 15 is 0 Å². The fourth-order valence-electron chi connectivity index (χ4n) is 1.65. The zero-order valence-electron chi connectivity index (χ0n) is 13.2. The fraction of sp³-hybridized carbons (Fsp3) is 0.125. The molecule has 2 N–H and O–H groups in total. The van der Waals surface area contributed by atoms with Crippen molar-refractivity contribution < 1.29 is 9.59 Å². The molecule has 0 aliphatic heterocycles. The maximum absolute atomic E-state index is 11.7. The Morgan fingerprint density at radius 3 is 1.58 bits per heavy atom. The number of aromatic nitrogens is 2. The molecule has 8 nitrogen and oxygen atoms in total. The van der Waals surface area contributed by atoms with Crippen molar-refractivity contribution >= 4 is 23.2 Å². The van der Waals surface area contributed by atoms with Crippen LogP contribution in [0.1, 0.15) is 25.0 Å². The van der Waals surface area contributed by atoms with E-state index < -0.39 is 11.8 Å². The number of carbonyl (C=O) groups excluding carboxylic acids is 2. The van der Waals surface area contributed by atoms with Gasteiger partial charge in [-0.1, -0.05) is 12.1 Å². The Morgan fingerprint density at radius 1 is 0.833 bits per heavy atom. The zero-order valence-corrected chi connectivity index (χ0v) is 13.2. The monoisotopic (exact) mass is 324 g/mol. The molecule has 0 atom stereocenters. The molecule has 2 amide bonds. The van der Waals surface area contributed by atoms with E-state index in [9.17, 15) is 9.59 Å². The minimum atomic E-state index is -0.916. The number of nitrogens with one attached hydrogen (secondary N) is 2. The Labute approximate surface area is 138 Å². The normalized spacial score (nSPS) is 11.8. The molecule has 0 radical (unpaired) electrons. The Kier molecular flexibility index (Phi) is 5.84. The number of hydrogen-bond acceptors (Lipinski definition) is 6. The number of rotatable bonds is 4. The van der Waals surface area contributed by atoms with Crippen LogP contribution < -0.4 is 10.9 Å². The van der Waals surface area contributed by atoms with Gasteiger partial charge in [-0.2, -0.15) is 10.2 Å². The average Bonchev–Trinajstić information content (AvgIpc) is 2.64. The molecule has 0 aromatic carbocycles. The Morgan fingerprint density at radius 2 is 1.25 bits per heavy atom. The summed E-state index contributed by atoms with van der Waals surface area (Å²) in [5.74, 6) is -1.83. The molecular weight excluding hydrogens is 308 g/mol. The molecule has 122 valence electrons. The highest BCUT2D eigenvalue weighted by Crippen LogP contribution is 1.98. The van der Waals surface area contributed by atoms with E-state index in [0.29, 0.717) is 11.4 Å². The van der Waals surface area contributed by atoms with Crippen molar-refractivity contribution in [2.24, 2.45) is 10.2 Å². The topological polar surface area (TPSA) is 109 Å². The molecule has 24 heavy (non-hydrogen) atoms. The van der Waals surface area contributed by atoms with E-state index in [0.717, 1.165) is 11.1 Å². The highest BCUT2D eigenvalue weighted by atomic mass is 16.2. The number of pyridine rings is 2. The summed E-state index contributed by atoms with van der Waals surface area (Å²) in [6, 6.07) is 7.08. The van der Waals surface area contributed by atoms with Crippen molar-refractivity contribution in [3.63, 3.8) is 0 Å². The summed E-state index contributed by atoms with van der Waals surface area (Å²) in [7, 11) is 0. The van der Waals surface area contributed by atoms with Gasteiger partial charge in [0.25, 0.3) is 0 Å². The maximum atomic E-state index is 11.7. The first kappa shape index (κ1) is 16.9. The predicted molar refractivity (Wildman–Crippen MR) is 89.2 cm³/mol. The lowest BCUT2D eigenvalue weighted by molar-refractivity contribution is -0.139. The molecule has 0 aliphatic rings. The summed E-state index contributed by atoms with van der Waals surface area (Å²) in [6.07, 6.45) is 6.47. The molecule has 0 fully saturated rings. The van der Waals surface area contributed by atoms with E-state index in [1.165, 1.54) is 0 Å². The van der Waals surface area contributed by atoms with Crippen LogP contribution in [-0.4, -0.2) is 33.2 Å². The van der Waals surface area contributed by atoms with Crippen molar-refractivity contribution in [2.45, 2.75) is 13.8 Å². The molecule has 0 bridgehead atoms. The van der Waals surface area contributed by atoms with Gasteiger partial charge in [0.15, 0.2) is 0 Å². The first-order valence-electron chi connectivity index (χ1n) is 7.07. The third-order valence-corrected chi connectivity index (χ3v) is 3.02. The number of nitrogens with zero attached hydrogens (tertiary/aromatic N) is 4. The smallest absolute Gasteiger partial charge is 0.264 e. The van der Waals surface area contributed by atoms with Gasteiger partial charge in [-0.25, -0.2) is 10.9 Å². The first-order valence-corrected chi connectivity index (χ1v) is 7.07. The molecule has 2 aromatic heterocycles. The van der Waals surface area contributed by atoms with E-state index in [1.807, 2.05) is 0 Å². The highest BCUT2D eigenvalue weighted by molar-refractivity contribution is 6.35. The summed E-state index contributed by atoms with van der Waals surface area (Å²) < 4.78 is 0. The third-order valence-electron chi connectivity index (χ3n) is 3.02. The molecule has 0 unspecified atom stereocenters. The van der Waals surface area contributed by atoms with Crippen LogP contribution in [0.15, 0.2) is 59.3 Å². The Bertz CT molecular complexity index is 704. The van der Waals surface area contributed by atoms with Gasteiger partial charge in [-0.3, -0.25) is 19.6 Å². The van der Waals surface area contributed by atoms with Crippen molar-refractivity contribution in [2.75, 3.05) is 0 Å². The lowest BCUT2D eigenvalue weighted by Gasteiger charge is -2.03. The Balaban J connectivity index is 1.92. The van der Waals surface area contributed by atoms with E-state index in [4.69, 9.17) is 0 Å². The molecule has 8 heteroatoms. The summed E-state index contributed by atoms with van der Waals surface area (Å²) in [5.41, 5.74) is 6.88. The van der Waals surface area contributed by atoms with Gasteiger partial charge in [-0.05, 0) is 26.0 Å². The van der Waals surface area contributed by atoms with Crippen LogP contribution in [-0.2, 0) is 9.59 Å². The van der Waals surface area contributed by atoms with Gasteiger partial charge in [0.05, 0.1) is 11.4 Å². The number of amides is 2. The second-order valence-corrected chi connectivity index (χ2v) is 4.76. The SMILES string of the molecule is CC(=NNC(=O)C(=O)NN=C(C)c1cccnc1)c1cccnc1. The van der Waals surface area contributed by atoms with Crippen LogP contribution in [0.2, 0.25) is 0 Å². The first-order chi connectivity index (χ1) is 11.6. The quantitative estimate of drug-likeness (QED) is 0.494. The summed E-state index contributed by atoms with van der Waals surface area (Å²) in [5, 5.41) is 7.72. The molecule has 2 aromatic rings. The van der Waals surface area contributed by atoms with E-state index in [-0.39, 0.29) is 0 Å². The van der Waals surface area contributed by atoms with Gasteiger partial charge in [0.1, 0.15) is 0 Å². The summed E-state index contributed by atoms with van der Waals surface area (Å²) in [6.45, 7) is 3.39. The van der Waals surface area contributed by atoms with Crippen LogP contribution in [0.3, 0.4) is 0 Å². The fourth-order valence-corrected chi connectivity index (χ4v) is 1.65. The van der Waals surface area contributed by atoms with Crippen molar-refractivity contribution in [3.8, 4) is 0 Å². The van der Waals surface area contributed by atoms with Gasteiger partial charge >= 0.3 is 11.8 Å². The van der Waals surface area contributed by atoms with Gasteiger partial charge in [-0.15, -0.1) is 0 Å².